The zero-order valence-electron chi connectivity index (χ0n) is 11.5. The number of anilines is 2. The lowest BCUT2D eigenvalue weighted by molar-refractivity contribution is 0.416. The lowest BCUT2D eigenvalue weighted by Gasteiger charge is -2.08. The Morgan fingerprint density at radius 3 is 2.48 bits per heavy atom. The van der Waals surface area contributed by atoms with E-state index in [2.05, 4.69) is 20.3 Å². The molecule has 3 rings (SSSR count). The number of nitrogens with zero attached hydrogens (tertiary/aromatic N) is 3. The van der Waals surface area contributed by atoms with Crippen LogP contribution in [0.15, 0.2) is 60.9 Å². The lowest BCUT2D eigenvalue weighted by Crippen LogP contribution is -2.00. The molecule has 104 valence electrons. The van der Waals surface area contributed by atoms with Crippen molar-refractivity contribution in [2.45, 2.75) is 0 Å². The first-order valence-corrected chi connectivity index (χ1v) is 6.51. The van der Waals surface area contributed by atoms with Gasteiger partial charge < -0.3 is 10.1 Å². The lowest BCUT2D eigenvalue weighted by atomic mass is 10.2. The molecule has 0 amide bonds. The first kappa shape index (κ1) is 13.1. The van der Waals surface area contributed by atoms with E-state index in [1.54, 1.807) is 7.11 Å². The van der Waals surface area contributed by atoms with Crippen LogP contribution in [0.5, 0.6) is 5.75 Å². The van der Waals surface area contributed by atoms with Gasteiger partial charge in [-0.15, -0.1) is 0 Å². The van der Waals surface area contributed by atoms with E-state index in [1.807, 2.05) is 54.6 Å². The third-order valence-electron chi connectivity index (χ3n) is 2.95. The minimum atomic E-state index is 0.497. The summed E-state index contributed by atoms with van der Waals surface area (Å²) in [5, 5.41) is 3.15. The molecule has 2 aromatic carbocycles. The maximum absolute atomic E-state index is 5.34. The first-order chi connectivity index (χ1) is 10.4. The quantitative estimate of drug-likeness (QED) is 0.793. The monoisotopic (exact) mass is 278 g/mol. The summed E-state index contributed by atoms with van der Waals surface area (Å²) >= 11 is 0. The summed E-state index contributed by atoms with van der Waals surface area (Å²) in [6.07, 6.45) is 1.49. The van der Waals surface area contributed by atoms with Crippen LogP contribution in [0.1, 0.15) is 0 Å². The summed E-state index contributed by atoms with van der Waals surface area (Å²) in [5.41, 5.74) is 1.76. The van der Waals surface area contributed by atoms with Crippen molar-refractivity contribution < 1.29 is 4.74 Å². The number of methoxy groups -OCH3 is 1. The largest absolute Gasteiger partial charge is 0.496 e. The van der Waals surface area contributed by atoms with Crippen molar-refractivity contribution in [2.75, 3.05) is 12.4 Å². The highest BCUT2D eigenvalue weighted by molar-refractivity contribution is 5.65. The zero-order chi connectivity index (χ0) is 14.5. The van der Waals surface area contributed by atoms with E-state index < -0.39 is 0 Å². The number of aromatic nitrogens is 3. The van der Waals surface area contributed by atoms with E-state index in [4.69, 9.17) is 4.74 Å². The van der Waals surface area contributed by atoms with E-state index in [1.165, 1.54) is 6.33 Å². The molecule has 0 bridgehead atoms. The van der Waals surface area contributed by atoms with Gasteiger partial charge in [-0.25, -0.2) is 9.97 Å². The minimum absolute atomic E-state index is 0.497. The van der Waals surface area contributed by atoms with Gasteiger partial charge in [-0.3, -0.25) is 0 Å². The Morgan fingerprint density at radius 2 is 1.67 bits per heavy atom. The van der Waals surface area contributed by atoms with Crippen LogP contribution < -0.4 is 10.1 Å². The van der Waals surface area contributed by atoms with Crippen LogP contribution in [0.2, 0.25) is 0 Å². The van der Waals surface area contributed by atoms with Gasteiger partial charge in [0.1, 0.15) is 12.1 Å². The predicted molar refractivity (Wildman–Crippen MR) is 81.5 cm³/mol. The van der Waals surface area contributed by atoms with Crippen molar-refractivity contribution >= 4 is 11.6 Å². The average molecular weight is 278 g/mol. The number of para-hydroxylation sites is 2. The van der Waals surface area contributed by atoms with Crippen LogP contribution >= 0.6 is 0 Å². The molecule has 0 saturated heterocycles. The molecule has 0 aliphatic rings. The van der Waals surface area contributed by atoms with Crippen molar-refractivity contribution in [3.8, 4) is 17.1 Å². The number of rotatable bonds is 4. The molecule has 5 heteroatoms. The molecule has 21 heavy (non-hydrogen) atoms. The molecule has 0 aliphatic carbocycles. The highest BCUT2D eigenvalue weighted by Gasteiger charge is 2.09. The molecule has 3 aromatic rings. The van der Waals surface area contributed by atoms with Crippen LogP contribution in [0.4, 0.5) is 11.6 Å². The fourth-order valence-corrected chi connectivity index (χ4v) is 1.97. The van der Waals surface area contributed by atoms with Crippen molar-refractivity contribution in [3.63, 3.8) is 0 Å². The third-order valence-corrected chi connectivity index (χ3v) is 2.95. The molecule has 0 fully saturated rings. The zero-order valence-corrected chi connectivity index (χ0v) is 11.5. The van der Waals surface area contributed by atoms with Gasteiger partial charge in [-0.1, -0.05) is 30.3 Å². The van der Waals surface area contributed by atoms with Crippen molar-refractivity contribution in [1.29, 1.82) is 0 Å². The summed E-state index contributed by atoms with van der Waals surface area (Å²) < 4.78 is 5.34. The topological polar surface area (TPSA) is 59.9 Å². The molecule has 5 nitrogen and oxygen atoms in total. The molecule has 0 spiro atoms. The summed E-state index contributed by atoms with van der Waals surface area (Å²) in [6, 6.07) is 17.4. The minimum Gasteiger partial charge on any atom is -0.496 e. The fraction of sp³-hybridized carbons (Fsp3) is 0.0625. The molecule has 1 heterocycles. The van der Waals surface area contributed by atoms with E-state index in [-0.39, 0.29) is 0 Å². The Bertz CT molecular complexity index is 731. The summed E-state index contributed by atoms with van der Waals surface area (Å²) in [6.45, 7) is 0. The molecule has 0 radical (unpaired) electrons. The van der Waals surface area contributed by atoms with Crippen LogP contribution in [-0.4, -0.2) is 22.1 Å². The molecule has 0 aliphatic heterocycles. The van der Waals surface area contributed by atoms with Gasteiger partial charge in [0, 0.05) is 5.69 Å². The molecule has 1 N–H and O–H groups in total. The van der Waals surface area contributed by atoms with Crippen molar-refractivity contribution in [1.82, 2.24) is 15.0 Å². The number of nitrogens with one attached hydrogen (secondary N) is 1. The molecule has 0 atom stereocenters. The predicted octanol–water partition coefficient (Wildman–Crippen LogP) is 3.29. The highest BCUT2D eigenvalue weighted by Crippen LogP contribution is 2.27. The van der Waals surface area contributed by atoms with Crippen LogP contribution in [0.3, 0.4) is 0 Å². The SMILES string of the molecule is COc1ccccc1-c1ncnc(Nc2ccccc2)n1. The molecular weight excluding hydrogens is 264 g/mol. The van der Waals surface area contributed by atoms with Crippen LogP contribution in [-0.2, 0) is 0 Å². The third kappa shape index (κ3) is 2.97. The Balaban J connectivity index is 1.93. The van der Waals surface area contributed by atoms with Gasteiger partial charge in [0.25, 0.3) is 0 Å². The second kappa shape index (κ2) is 6.00. The normalized spacial score (nSPS) is 10.1. The average Bonchev–Trinajstić information content (AvgIpc) is 2.56. The number of ether oxygens (including phenoxy) is 1. The summed E-state index contributed by atoms with van der Waals surface area (Å²) in [7, 11) is 1.63. The van der Waals surface area contributed by atoms with E-state index in [0.29, 0.717) is 11.8 Å². The fourth-order valence-electron chi connectivity index (χ4n) is 1.97. The summed E-state index contributed by atoms with van der Waals surface area (Å²) in [5.74, 6) is 1.80. The standard InChI is InChI=1S/C16H14N4O/c1-21-14-10-6-5-9-13(14)15-17-11-18-16(20-15)19-12-7-3-2-4-8-12/h2-11H,1H3,(H,17,18,19,20). The second-order valence-electron chi connectivity index (χ2n) is 4.32. The Morgan fingerprint density at radius 1 is 0.905 bits per heavy atom. The van der Waals surface area contributed by atoms with Gasteiger partial charge in [-0.2, -0.15) is 4.98 Å². The Labute approximate surface area is 122 Å². The van der Waals surface area contributed by atoms with E-state index in [9.17, 15) is 0 Å². The van der Waals surface area contributed by atoms with Crippen LogP contribution in [0, 0.1) is 0 Å². The Hall–Kier alpha value is -2.95. The first-order valence-electron chi connectivity index (χ1n) is 6.51. The van der Waals surface area contributed by atoms with Crippen molar-refractivity contribution in [3.05, 3.63) is 60.9 Å². The van der Waals surface area contributed by atoms with Gasteiger partial charge in [0.2, 0.25) is 5.95 Å². The second-order valence-corrected chi connectivity index (χ2v) is 4.32. The smallest absolute Gasteiger partial charge is 0.230 e. The molecule has 1 aromatic heterocycles. The Kier molecular flexibility index (Phi) is 3.73. The van der Waals surface area contributed by atoms with Crippen LogP contribution in [0.25, 0.3) is 11.4 Å². The van der Waals surface area contributed by atoms with Gasteiger partial charge in [0.15, 0.2) is 5.82 Å². The molecule has 0 unspecified atom stereocenters. The molecular formula is C16H14N4O. The highest BCUT2D eigenvalue weighted by atomic mass is 16.5. The van der Waals surface area contributed by atoms with Gasteiger partial charge in [-0.05, 0) is 24.3 Å². The van der Waals surface area contributed by atoms with Gasteiger partial charge in [0.05, 0.1) is 12.7 Å². The summed E-state index contributed by atoms with van der Waals surface area (Å²) in [4.78, 5) is 12.8. The van der Waals surface area contributed by atoms with Crippen molar-refractivity contribution in [2.24, 2.45) is 0 Å². The number of hydrogen-bond acceptors (Lipinski definition) is 5. The van der Waals surface area contributed by atoms with Gasteiger partial charge >= 0.3 is 0 Å². The molecule has 0 saturated carbocycles. The number of benzene rings is 2. The number of hydrogen-bond donors (Lipinski definition) is 1. The maximum atomic E-state index is 5.34. The maximum Gasteiger partial charge on any atom is 0.230 e. The van der Waals surface area contributed by atoms with E-state index >= 15 is 0 Å². The van der Waals surface area contributed by atoms with E-state index in [0.717, 1.165) is 17.0 Å².